The van der Waals surface area contributed by atoms with Gasteiger partial charge in [-0.2, -0.15) is 0 Å². The Morgan fingerprint density at radius 2 is 1.74 bits per heavy atom. The van der Waals surface area contributed by atoms with E-state index in [1.165, 1.54) is 5.56 Å². The van der Waals surface area contributed by atoms with Crippen LogP contribution in [0.5, 0.6) is 0 Å². The van der Waals surface area contributed by atoms with Gasteiger partial charge >= 0.3 is 5.97 Å². The zero-order chi connectivity index (χ0) is 14.3. The summed E-state index contributed by atoms with van der Waals surface area (Å²) in [4.78, 5) is 11.5. The predicted octanol–water partition coefficient (Wildman–Crippen LogP) is 4.71. The summed E-state index contributed by atoms with van der Waals surface area (Å²) in [6, 6.07) is 10.4. The highest BCUT2D eigenvalue weighted by molar-refractivity contribution is 5.70. The maximum atomic E-state index is 11.5. The smallest absolute Gasteiger partial charge is 0.306 e. The van der Waals surface area contributed by atoms with Crippen molar-refractivity contribution in [2.45, 2.75) is 52.4 Å². The molecule has 0 aliphatic rings. The molecule has 2 nitrogen and oxygen atoms in total. The van der Waals surface area contributed by atoms with Gasteiger partial charge in [0, 0.05) is 0 Å². The van der Waals surface area contributed by atoms with E-state index in [9.17, 15) is 9.90 Å². The molecule has 0 aliphatic heterocycles. The second-order valence-corrected chi connectivity index (χ2v) is 5.23. The second kappa shape index (κ2) is 7.98. The van der Waals surface area contributed by atoms with Crippen molar-refractivity contribution in [2.75, 3.05) is 0 Å². The fraction of sp³-hybridized carbons (Fsp3) is 0.588. The predicted molar refractivity (Wildman–Crippen MR) is 79.3 cm³/mol. The van der Waals surface area contributed by atoms with Crippen molar-refractivity contribution in [3.63, 3.8) is 0 Å². The Morgan fingerprint density at radius 3 is 2.16 bits per heavy atom. The van der Waals surface area contributed by atoms with Crippen LogP contribution in [0, 0.1) is 11.8 Å². The first-order valence-corrected chi connectivity index (χ1v) is 7.43. The molecule has 3 atom stereocenters. The van der Waals surface area contributed by atoms with Gasteiger partial charge in [-0.25, -0.2) is 0 Å². The highest BCUT2D eigenvalue weighted by atomic mass is 16.4. The average Bonchev–Trinajstić information content (AvgIpc) is 2.41. The second-order valence-electron chi connectivity index (χ2n) is 5.23. The van der Waals surface area contributed by atoms with Crippen molar-refractivity contribution in [3.05, 3.63) is 35.9 Å². The van der Waals surface area contributed by atoms with Crippen LogP contribution >= 0.6 is 0 Å². The van der Waals surface area contributed by atoms with Crippen molar-refractivity contribution in [1.82, 2.24) is 0 Å². The first-order valence-electron chi connectivity index (χ1n) is 7.43. The summed E-state index contributed by atoms with van der Waals surface area (Å²) in [7, 11) is 0. The quantitative estimate of drug-likeness (QED) is 0.736. The number of hydrogen-bond acceptors (Lipinski definition) is 1. The molecule has 0 spiro atoms. The van der Waals surface area contributed by atoms with Gasteiger partial charge in [0.15, 0.2) is 0 Å². The van der Waals surface area contributed by atoms with Gasteiger partial charge < -0.3 is 5.11 Å². The third-order valence-electron chi connectivity index (χ3n) is 4.08. The lowest BCUT2D eigenvalue weighted by atomic mass is 9.73. The molecule has 19 heavy (non-hydrogen) atoms. The van der Waals surface area contributed by atoms with E-state index in [2.05, 4.69) is 26.0 Å². The fourth-order valence-corrected chi connectivity index (χ4v) is 3.16. The molecule has 0 radical (unpaired) electrons. The molecular formula is C17H26O2. The summed E-state index contributed by atoms with van der Waals surface area (Å²) < 4.78 is 0. The summed E-state index contributed by atoms with van der Waals surface area (Å²) in [5.74, 6) is -0.289. The lowest BCUT2D eigenvalue weighted by Crippen LogP contribution is -2.28. The summed E-state index contributed by atoms with van der Waals surface area (Å²) in [5, 5.41) is 9.46. The van der Waals surface area contributed by atoms with Gasteiger partial charge in [-0.3, -0.25) is 4.79 Å². The van der Waals surface area contributed by atoms with Gasteiger partial charge in [0.2, 0.25) is 0 Å². The van der Waals surface area contributed by atoms with Crippen LogP contribution in [0.3, 0.4) is 0 Å². The minimum atomic E-state index is -0.643. The summed E-state index contributed by atoms with van der Waals surface area (Å²) >= 11 is 0. The Morgan fingerprint density at radius 1 is 1.11 bits per heavy atom. The van der Waals surface area contributed by atoms with Crippen molar-refractivity contribution in [2.24, 2.45) is 11.8 Å². The third-order valence-corrected chi connectivity index (χ3v) is 4.08. The molecular weight excluding hydrogens is 236 g/mol. The van der Waals surface area contributed by atoms with Crippen molar-refractivity contribution < 1.29 is 9.90 Å². The molecule has 106 valence electrons. The monoisotopic (exact) mass is 262 g/mol. The van der Waals surface area contributed by atoms with Crippen LogP contribution < -0.4 is 0 Å². The van der Waals surface area contributed by atoms with Gasteiger partial charge in [-0.05, 0) is 36.7 Å². The topological polar surface area (TPSA) is 37.3 Å². The van der Waals surface area contributed by atoms with Crippen molar-refractivity contribution >= 4 is 5.97 Å². The van der Waals surface area contributed by atoms with E-state index < -0.39 is 5.97 Å². The van der Waals surface area contributed by atoms with Gasteiger partial charge in [-0.15, -0.1) is 0 Å². The molecule has 0 aliphatic carbocycles. The van der Waals surface area contributed by atoms with Gasteiger partial charge in [0.1, 0.15) is 0 Å². The summed E-state index contributed by atoms with van der Waals surface area (Å²) in [5.41, 5.74) is 1.28. The Hall–Kier alpha value is -1.31. The zero-order valence-corrected chi connectivity index (χ0v) is 12.3. The number of rotatable bonds is 8. The maximum Gasteiger partial charge on any atom is 0.306 e. The Kier molecular flexibility index (Phi) is 6.61. The SMILES string of the molecule is CCCC(C(CC)C(=O)O)C(CC)c1ccccc1. The molecule has 2 heteroatoms. The Labute approximate surface area is 116 Å². The number of hydrogen-bond donors (Lipinski definition) is 1. The van der Waals surface area contributed by atoms with Crippen LogP contribution in [-0.4, -0.2) is 11.1 Å². The number of aliphatic carboxylic acids is 1. The average molecular weight is 262 g/mol. The molecule has 1 aromatic rings. The summed E-state index contributed by atoms with van der Waals surface area (Å²) in [6.45, 7) is 6.29. The van der Waals surface area contributed by atoms with E-state index in [-0.39, 0.29) is 11.8 Å². The standard InChI is InChI=1S/C17H26O2/c1-4-10-16(15(6-3)17(18)19)14(5-2)13-11-8-7-9-12-13/h7-9,11-12,14-16H,4-6,10H2,1-3H3,(H,18,19). The van der Waals surface area contributed by atoms with E-state index >= 15 is 0 Å². The van der Waals surface area contributed by atoms with Gasteiger partial charge in [0.05, 0.1) is 5.92 Å². The van der Waals surface area contributed by atoms with Crippen LogP contribution in [-0.2, 0) is 4.79 Å². The maximum absolute atomic E-state index is 11.5. The third kappa shape index (κ3) is 4.09. The molecule has 3 unspecified atom stereocenters. The molecule has 1 N–H and O–H groups in total. The lowest BCUT2D eigenvalue weighted by Gasteiger charge is -2.31. The van der Waals surface area contributed by atoms with Crippen LogP contribution in [0.1, 0.15) is 57.9 Å². The van der Waals surface area contributed by atoms with E-state index in [0.717, 1.165) is 19.3 Å². The number of carboxylic acids is 1. The van der Waals surface area contributed by atoms with E-state index in [0.29, 0.717) is 12.3 Å². The van der Waals surface area contributed by atoms with Crippen LogP contribution in [0.25, 0.3) is 0 Å². The van der Waals surface area contributed by atoms with E-state index in [4.69, 9.17) is 0 Å². The highest BCUT2D eigenvalue weighted by Crippen LogP contribution is 2.37. The van der Waals surface area contributed by atoms with Crippen molar-refractivity contribution in [1.29, 1.82) is 0 Å². The minimum Gasteiger partial charge on any atom is -0.481 e. The Bertz CT molecular complexity index is 372. The largest absolute Gasteiger partial charge is 0.481 e. The van der Waals surface area contributed by atoms with Crippen LogP contribution in [0.4, 0.5) is 0 Å². The lowest BCUT2D eigenvalue weighted by molar-refractivity contribution is -0.144. The molecule has 0 heterocycles. The van der Waals surface area contributed by atoms with Gasteiger partial charge in [-0.1, -0.05) is 57.5 Å². The number of benzene rings is 1. The molecule has 1 aromatic carbocycles. The molecule has 0 aromatic heterocycles. The van der Waals surface area contributed by atoms with E-state index in [1.54, 1.807) is 0 Å². The molecule has 0 amide bonds. The molecule has 0 saturated carbocycles. The molecule has 1 rings (SSSR count). The zero-order valence-electron chi connectivity index (χ0n) is 12.3. The fourth-order valence-electron chi connectivity index (χ4n) is 3.16. The van der Waals surface area contributed by atoms with Gasteiger partial charge in [0.25, 0.3) is 0 Å². The number of carbonyl (C=O) groups is 1. The minimum absolute atomic E-state index is 0.231. The van der Waals surface area contributed by atoms with E-state index in [1.807, 2.05) is 25.1 Å². The molecule has 0 saturated heterocycles. The van der Waals surface area contributed by atoms with Crippen LogP contribution in [0.15, 0.2) is 30.3 Å². The first-order chi connectivity index (χ1) is 9.15. The number of carboxylic acid groups (broad SMARTS) is 1. The normalized spacial score (nSPS) is 15.7. The molecule has 0 bridgehead atoms. The highest BCUT2D eigenvalue weighted by Gasteiger charge is 2.32. The van der Waals surface area contributed by atoms with Crippen molar-refractivity contribution in [3.8, 4) is 0 Å². The Balaban J connectivity index is 3.04. The summed E-state index contributed by atoms with van der Waals surface area (Å²) in [6.07, 6.45) is 3.73. The first kappa shape index (κ1) is 15.7. The molecule has 0 fully saturated rings. The van der Waals surface area contributed by atoms with Crippen LogP contribution in [0.2, 0.25) is 0 Å².